The standard InChI is InChI=1S/C19H17NO5/c1-24-18(22)13-7-9-16(10-8-13)25-19(23)14-11-17(21)20(12-14)15-5-3-2-4-6-15/h2-10,14H,11-12H2,1H3/t14-/m1/s1. The van der Waals surface area contributed by atoms with Crippen molar-refractivity contribution in [3.8, 4) is 5.75 Å². The van der Waals surface area contributed by atoms with Crippen LogP contribution in [0.3, 0.4) is 0 Å². The SMILES string of the molecule is COC(=O)c1ccc(OC(=O)[C@@H]2CC(=O)N(c3ccccc3)C2)cc1. The van der Waals surface area contributed by atoms with Gasteiger partial charge in [-0.2, -0.15) is 0 Å². The number of carbonyl (C=O) groups excluding carboxylic acids is 3. The minimum atomic E-state index is -0.520. The molecule has 0 aromatic heterocycles. The third-order valence-electron chi connectivity index (χ3n) is 4.02. The van der Waals surface area contributed by atoms with Gasteiger partial charge in [-0.3, -0.25) is 9.59 Å². The van der Waals surface area contributed by atoms with Gasteiger partial charge in [0.1, 0.15) is 5.75 Å². The van der Waals surface area contributed by atoms with Crippen molar-refractivity contribution in [3.63, 3.8) is 0 Å². The first-order valence-corrected chi connectivity index (χ1v) is 7.84. The number of amides is 1. The van der Waals surface area contributed by atoms with Crippen LogP contribution in [-0.4, -0.2) is 31.5 Å². The summed E-state index contributed by atoms with van der Waals surface area (Å²) in [6.45, 7) is 0.294. The maximum atomic E-state index is 12.3. The number of ether oxygens (including phenoxy) is 2. The smallest absolute Gasteiger partial charge is 0.337 e. The van der Waals surface area contributed by atoms with Crippen molar-refractivity contribution in [1.29, 1.82) is 0 Å². The molecule has 1 aliphatic rings. The van der Waals surface area contributed by atoms with Crippen LogP contribution in [0.2, 0.25) is 0 Å². The van der Waals surface area contributed by atoms with Gasteiger partial charge in [0.2, 0.25) is 5.91 Å². The summed E-state index contributed by atoms with van der Waals surface area (Å²) in [4.78, 5) is 37.5. The van der Waals surface area contributed by atoms with Gasteiger partial charge in [0.25, 0.3) is 0 Å². The second kappa shape index (κ2) is 7.17. The minimum Gasteiger partial charge on any atom is -0.465 e. The van der Waals surface area contributed by atoms with Crippen molar-refractivity contribution in [2.75, 3.05) is 18.6 Å². The van der Waals surface area contributed by atoms with Gasteiger partial charge in [-0.25, -0.2) is 4.79 Å². The van der Waals surface area contributed by atoms with E-state index in [1.165, 1.54) is 31.4 Å². The van der Waals surface area contributed by atoms with Crippen molar-refractivity contribution >= 4 is 23.5 Å². The van der Waals surface area contributed by atoms with Gasteiger partial charge in [-0.15, -0.1) is 0 Å². The number of benzene rings is 2. The van der Waals surface area contributed by atoms with Gasteiger partial charge in [0.15, 0.2) is 0 Å². The summed E-state index contributed by atoms with van der Waals surface area (Å²) in [5.74, 6) is -1.22. The quantitative estimate of drug-likeness (QED) is 0.632. The van der Waals surface area contributed by atoms with E-state index >= 15 is 0 Å². The maximum Gasteiger partial charge on any atom is 0.337 e. The lowest BCUT2D eigenvalue weighted by molar-refractivity contribution is -0.139. The van der Waals surface area contributed by atoms with E-state index in [0.717, 1.165) is 5.69 Å². The van der Waals surface area contributed by atoms with Gasteiger partial charge in [-0.05, 0) is 36.4 Å². The van der Waals surface area contributed by atoms with Gasteiger partial charge in [0.05, 0.1) is 18.6 Å². The van der Waals surface area contributed by atoms with E-state index in [0.29, 0.717) is 17.9 Å². The van der Waals surface area contributed by atoms with Crippen LogP contribution in [0.1, 0.15) is 16.8 Å². The highest BCUT2D eigenvalue weighted by molar-refractivity contribution is 5.99. The molecule has 2 aromatic rings. The summed E-state index contributed by atoms with van der Waals surface area (Å²) in [6, 6.07) is 15.3. The molecule has 0 aliphatic carbocycles. The van der Waals surface area contributed by atoms with Crippen molar-refractivity contribution in [1.82, 2.24) is 0 Å². The Morgan fingerprint density at radius 2 is 1.72 bits per heavy atom. The van der Waals surface area contributed by atoms with E-state index in [1.54, 1.807) is 4.90 Å². The second-order valence-corrected chi connectivity index (χ2v) is 5.68. The lowest BCUT2D eigenvalue weighted by Gasteiger charge is -2.16. The first-order chi connectivity index (χ1) is 12.1. The number of hydrogen-bond acceptors (Lipinski definition) is 5. The number of rotatable bonds is 4. The predicted octanol–water partition coefficient (Wildman–Crippen LogP) is 2.43. The van der Waals surface area contributed by atoms with E-state index in [9.17, 15) is 14.4 Å². The van der Waals surface area contributed by atoms with Crippen LogP contribution >= 0.6 is 0 Å². The highest BCUT2D eigenvalue weighted by Gasteiger charge is 2.36. The molecule has 1 amide bonds. The molecule has 0 spiro atoms. The molecule has 6 heteroatoms. The monoisotopic (exact) mass is 339 g/mol. The minimum absolute atomic E-state index is 0.103. The maximum absolute atomic E-state index is 12.3. The molecule has 1 aliphatic heterocycles. The fourth-order valence-corrected chi connectivity index (χ4v) is 2.70. The Labute approximate surface area is 145 Å². The molecular formula is C19H17NO5. The van der Waals surface area contributed by atoms with Gasteiger partial charge in [-0.1, -0.05) is 18.2 Å². The van der Waals surface area contributed by atoms with Crippen LogP contribution in [0, 0.1) is 5.92 Å². The molecule has 0 saturated carbocycles. The first kappa shape index (κ1) is 16.7. The Morgan fingerprint density at radius 1 is 1.04 bits per heavy atom. The molecule has 1 saturated heterocycles. The normalized spacial score (nSPS) is 16.6. The van der Waals surface area contributed by atoms with E-state index in [2.05, 4.69) is 4.74 Å². The van der Waals surface area contributed by atoms with Gasteiger partial charge in [0, 0.05) is 18.7 Å². The van der Waals surface area contributed by atoms with E-state index in [1.807, 2.05) is 30.3 Å². The molecule has 0 N–H and O–H groups in total. The Bertz CT molecular complexity index is 785. The van der Waals surface area contributed by atoms with E-state index in [4.69, 9.17) is 4.74 Å². The van der Waals surface area contributed by atoms with E-state index < -0.39 is 17.9 Å². The van der Waals surface area contributed by atoms with Crippen LogP contribution in [0.25, 0.3) is 0 Å². The second-order valence-electron chi connectivity index (χ2n) is 5.68. The van der Waals surface area contributed by atoms with Crippen molar-refractivity contribution in [3.05, 3.63) is 60.2 Å². The molecule has 0 bridgehead atoms. The number of carbonyl (C=O) groups is 3. The highest BCUT2D eigenvalue weighted by Crippen LogP contribution is 2.26. The number of nitrogens with zero attached hydrogens (tertiary/aromatic N) is 1. The fraction of sp³-hybridized carbons (Fsp3) is 0.211. The lowest BCUT2D eigenvalue weighted by Crippen LogP contribution is -2.27. The van der Waals surface area contributed by atoms with Crippen LogP contribution in [0.15, 0.2) is 54.6 Å². The third kappa shape index (κ3) is 3.68. The topological polar surface area (TPSA) is 72.9 Å². The molecule has 6 nitrogen and oxygen atoms in total. The number of para-hydroxylation sites is 1. The van der Waals surface area contributed by atoms with Crippen LogP contribution in [0.4, 0.5) is 5.69 Å². The van der Waals surface area contributed by atoms with Crippen molar-refractivity contribution < 1.29 is 23.9 Å². The molecular weight excluding hydrogens is 322 g/mol. The summed E-state index contributed by atoms with van der Waals surface area (Å²) >= 11 is 0. The average Bonchev–Trinajstić information content (AvgIpc) is 3.04. The number of esters is 2. The molecule has 3 rings (SSSR count). The molecule has 0 unspecified atom stereocenters. The van der Waals surface area contributed by atoms with Crippen LogP contribution < -0.4 is 9.64 Å². The Hall–Kier alpha value is -3.15. The summed E-state index contributed by atoms with van der Waals surface area (Å²) < 4.78 is 9.94. The molecule has 1 atom stereocenters. The Balaban J connectivity index is 1.64. The fourth-order valence-electron chi connectivity index (χ4n) is 2.70. The summed E-state index contributed by atoms with van der Waals surface area (Å²) in [5, 5.41) is 0. The molecule has 25 heavy (non-hydrogen) atoms. The Morgan fingerprint density at radius 3 is 2.36 bits per heavy atom. The zero-order chi connectivity index (χ0) is 17.8. The van der Waals surface area contributed by atoms with Crippen molar-refractivity contribution in [2.45, 2.75) is 6.42 Å². The molecule has 1 fully saturated rings. The zero-order valence-corrected chi connectivity index (χ0v) is 13.7. The third-order valence-corrected chi connectivity index (χ3v) is 4.02. The predicted molar refractivity (Wildman–Crippen MR) is 90.3 cm³/mol. The van der Waals surface area contributed by atoms with Crippen molar-refractivity contribution in [2.24, 2.45) is 5.92 Å². The lowest BCUT2D eigenvalue weighted by atomic mass is 10.1. The van der Waals surface area contributed by atoms with Gasteiger partial charge >= 0.3 is 11.9 Å². The number of anilines is 1. The van der Waals surface area contributed by atoms with E-state index in [-0.39, 0.29) is 12.3 Å². The molecule has 128 valence electrons. The molecule has 0 radical (unpaired) electrons. The molecule has 2 aromatic carbocycles. The number of methoxy groups -OCH3 is 1. The highest BCUT2D eigenvalue weighted by atomic mass is 16.5. The summed E-state index contributed by atoms with van der Waals surface area (Å²) in [7, 11) is 1.30. The Kier molecular flexibility index (Phi) is 4.79. The summed E-state index contributed by atoms with van der Waals surface area (Å²) in [6.07, 6.45) is 0.119. The van der Waals surface area contributed by atoms with Crippen LogP contribution in [-0.2, 0) is 14.3 Å². The molecule has 1 heterocycles. The largest absolute Gasteiger partial charge is 0.465 e. The van der Waals surface area contributed by atoms with Gasteiger partial charge < -0.3 is 14.4 Å². The number of hydrogen-bond donors (Lipinski definition) is 0. The zero-order valence-electron chi connectivity index (χ0n) is 13.7. The first-order valence-electron chi connectivity index (χ1n) is 7.84. The van der Waals surface area contributed by atoms with Crippen LogP contribution in [0.5, 0.6) is 5.75 Å². The average molecular weight is 339 g/mol. The summed E-state index contributed by atoms with van der Waals surface area (Å²) in [5.41, 5.74) is 1.14.